The number of nitrogens with two attached hydrogens (primary N) is 1. The zero-order valence-corrected chi connectivity index (χ0v) is 9.64. The predicted molar refractivity (Wildman–Crippen MR) is 62.7 cm³/mol. The highest BCUT2D eigenvalue weighted by Gasteiger charge is 2.05. The summed E-state index contributed by atoms with van der Waals surface area (Å²) in [7, 11) is 0. The molecule has 1 aromatic rings. The summed E-state index contributed by atoms with van der Waals surface area (Å²) in [6, 6.07) is 3.53. The Balaban J connectivity index is 2.92. The molecule has 0 unspecified atom stereocenters. The number of hydrogen-bond donors (Lipinski definition) is 1. The highest BCUT2D eigenvalue weighted by Crippen LogP contribution is 2.29. The second kappa shape index (κ2) is 4.99. The first kappa shape index (κ1) is 11.0. The van der Waals surface area contributed by atoms with Crippen LogP contribution >= 0.6 is 35.0 Å². The lowest BCUT2D eigenvalue weighted by atomic mass is 10.2. The zero-order chi connectivity index (χ0) is 9.84. The Morgan fingerprint density at radius 2 is 2.08 bits per heavy atom. The van der Waals surface area contributed by atoms with Crippen molar-refractivity contribution in [2.24, 2.45) is 0 Å². The number of thioether (sulfide) groups is 1. The van der Waals surface area contributed by atoms with E-state index in [1.807, 2.05) is 6.07 Å². The van der Waals surface area contributed by atoms with Crippen LogP contribution in [0.4, 0.5) is 5.69 Å². The Kier molecular flexibility index (Phi) is 4.23. The Morgan fingerprint density at radius 3 is 2.69 bits per heavy atom. The van der Waals surface area contributed by atoms with Crippen LogP contribution in [0.15, 0.2) is 12.1 Å². The van der Waals surface area contributed by atoms with E-state index in [2.05, 4.69) is 6.92 Å². The van der Waals surface area contributed by atoms with E-state index < -0.39 is 0 Å². The maximum Gasteiger partial charge on any atom is 0.0653 e. The minimum Gasteiger partial charge on any atom is -0.397 e. The molecule has 72 valence electrons. The number of benzene rings is 1. The van der Waals surface area contributed by atoms with E-state index >= 15 is 0 Å². The van der Waals surface area contributed by atoms with Crippen molar-refractivity contribution < 1.29 is 0 Å². The van der Waals surface area contributed by atoms with Crippen LogP contribution in [0.3, 0.4) is 0 Å². The molecule has 0 heterocycles. The van der Waals surface area contributed by atoms with Gasteiger partial charge in [0.1, 0.15) is 0 Å². The Hall–Kier alpha value is -0.0500. The largest absolute Gasteiger partial charge is 0.397 e. The average Bonchev–Trinajstić information content (AvgIpc) is 2.09. The highest BCUT2D eigenvalue weighted by atomic mass is 35.5. The zero-order valence-electron chi connectivity index (χ0n) is 7.31. The lowest BCUT2D eigenvalue weighted by Gasteiger charge is -2.07. The molecule has 0 atom stereocenters. The first-order valence-electron chi connectivity index (χ1n) is 3.96. The molecule has 0 aliphatic rings. The summed E-state index contributed by atoms with van der Waals surface area (Å²) in [6.45, 7) is 2.10. The lowest BCUT2D eigenvalue weighted by molar-refractivity contribution is 1.40. The third kappa shape index (κ3) is 2.97. The van der Waals surface area contributed by atoms with Crippen LogP contribution in [0, 0.1) is 0 Å². The standard InChI is InChI=1S/C9H11Cl2NS/c1-2-13-5-6-3-7(10)4-8(11)9(6)12/h3-4H,2,5,12H2,1H3. The number of halogens is 2. The second-order valence-corrected chi connectivity index (χ2v) is 4.72. The van der Waals surface area contributed by atoms with Gasteiger partial charge in [-0.15, -0.1) is 0 Å². The maximum atomic E-state index is 5.88. The van der Waals surface area contributed by atoms with Gasteiger partial charge in [0, 0.05) is 10.8 Å². The van der Waals surface area contributed by atoms with Gasteiger partial charge in [-0.1, -0.05) is 30.1 Å². The van der Waals surface area contributed by atoms with E-state index in [9.17, 15) is 0 Å². The summed E-state index contributed by atoms with van der Waals surface area (Å²) < 4.78 is 0. The van der Waals surface area contributed by atoms with Gasteiger partial charge in [-0.3, -0.25) is 0 Å². The van der Waals surface area contributed by atoms with Gasteiger partial charge in [0.05, 0.1) is 10.7 Å². The minimum atomic E-state index is 0.541. The van der Waals surface area contributed by atoms with E-state index in [-0.39, 0.29) is 0 Å². The van der Waals surface area contributed by atoms with Gasteiger partial charge in [0.2, 0.25) is 0 Å². The van der Waals surface area contributed by atoms with Crippen LogP contribution in [-0.2, 0) is 5.75 Å². The van der Waals surface area contributed by atoms with Gasteiger partial charge in [-0.25, -0.2) is 0 Å². The summed E-state index contributed by atoms with van der Waals surface area (Å²) in [5.74, 6) is 1.92. The number of rotatable bonds is 3. The maximum absolute atomic E-state index is 5.88. The smallest absolute Gasteiger partial charge is 0.0653 e. The van der Waals surface area contributed by atoms with Crippen LogP contribution < -0.4 is 5.73 Å². The third-order valence-corrected chi connectivity index (χ3v) is 3.10. The van der Waals surface area contributed by atoms with E-state index in [4.69, 9.17) is 28.9 Å². The SMILES string of the molecule is CCSCc1cc(Cl)cc(Cl)c1N. The molecule has 0 aromatic heterocycles. The molecule has 0 bridgehead atoms. The van der Waals surface area contributed by atoms with Crippen LogP contribution in [0.25, 0.3) is 0 Å². The quantitative estimate of drug-likeness (QED) is 0.807. The van der Waals surface area contributed by atoms with Crippen LogP contribution in [0.1, 0.15) is 12.5 Å². The number of nitrogen functional groups attached to an aromatic ring is 1. The molecule has 1 aromatic carbocycles. The topological polar surface area (TPSA) is 26.0 Å². The molecule has 1 nitrogen and oxygen atoms in total. The summed E-state index contributed by atoms with van der Waals surface area (Å²) in [4.78, 5) is 0. The van der Waals surface area contributed by atoms with Crippen molar-refractivity contribution in [3.8, 4) is 0 Å². The van der Waals surface area contributed by atoms with Crippen LogP contribution in [0.2, 0.25) is 10.0 Å². The molecule has 0 amide bonds. The summed E-state index contributed by atoms with van der Waals surface area (Å²) >= 11 is 13.5. The molecular weight excluding hydrogens is 225 g/mol. The van der Waals surface area contributed by atoms with Crippen molar-refractivity contribution >= 4 is 40.7 Å². The molecule has 2 N–H and O–H groups in total. The van der Waals surface area contributed by atoms with Crippen molar-refractivity contribution in [1.29, 1.82) is 0 Å². The predicted octanol–water partition coefficient (Wildman–Crippen LogP) is 3.83. The number of hydrogen-bond acceptors (Lipinski definition) is 2. The fraction of sp³-hybridized carbons (Fsp3) is 0.333. The molecule has 0 fully saturated rings. The molecule has 0 saturated carbocycles. The van der Waals surface area contributed by atoms with Gasteiger partial charge in [0.25, 0.3) is 0 Å². The van der Waals surface area contributed by atoms with Crippen molar-refractivity contribution in [2.75, 3.05) is 11.5 Å². The fourth-order valence-electron chi connectivity index (χ4n) is 0.969. The summed E-state index contributed by atoms with van der Waals surface area (Å²) in [5, 5.41) is 1.19. The van der Waals surface area contributed by atoms with E-state index in [0.717, 1.165) is 17.1 Å². The van der Waals surface area contributed by atoms with Gasteiger partial charge >= 0.3 is 0 Å². The van der Waals surface area contributed by atoms with Crippen molar-refractivity contribution in [2.45, 2.75) is 12.7 Å². The second-order valence-electron chi connectivity index (χ2n) is 2.60. The highest BCUT2D eigenvalue weighted by molar-refractivity contribution is 7.98. The molecular formula is C9H11Cl2NS. The van der Waals surface area contributed by atoms with Crippen molar-refractivity contribution in [3.05, 3.63) is 27.7 Å². The van der Waals surface area contributed by atoms with Crippen LogP contribution in [-0.4, -0.2) is 5.75 Å². The molecule has 0 aliphatic carbocycles. The van der Waals surface area contributed by atoms with E-state index in [0.29, 0.717) is 15.7 Å². The van der Waals surface area contributed by atoms with Gasteiger partial charge < -0.3 is 5.73 Å². The Labute approximate surface area is 92.6 Å². The summed E-state index contributed by atoms with van der Waals surface area (Å²) in [5.41, 5.74) is 7.45. The van der Waals surface area contributed by atoms with E-state index in [1.54, 1.807) is 17.8 Å². The normalized spacial score (nSPS) is 10.4. The van der Waals surface area contributed by atoms with Gasteiger partial charge in [-0.2, -0.15) is 11.8 Å². The minimum absolute atomic E-state index is 0.541. The molecule has 4 heteroatoms. The fourth-order valence-corrected chi connectivity index (χ4v) is 2.17. The van der Waals surface area contributed by atoms with E-state index in [1.165, 1.54) is 0 Å². The van der Waals surface area contributed by atoms with Gasteiger partial charge in [0.15, 0.2) is 0 Å². The average molecular weight is 236 g/mol. The molecule has 0 radical (unpaired) electrons. The Morgan fingerprint density at radius 1 is 1.38 bits per heavy atom. The molecule has 13 heavy (non-hydrogen) atoms. The van der Waals surface area contributed by atoms with Crippen LogP contribution in [0.5, 0.6) is 0 Å². The lowest BCUT2D eigenvalue weighted by Crippen LogP contribution is -1.94. The molecule has 1 rings (SSSR count). The number of anilines is 1. The van der Waals surface area contributed by atoms with Crippen molar-refractivity contribution in [1.82, 2.24) is 0 Å². The summed E-state index contributed by atoms with van der Waals surface area (Å²) in [6.07, 6.45) is 0. The molecule has 0 saturated heterocycles. The molecule has 0 spiro atoms. The first-order chi connectivity index (χ1) is 6.15. The van der Waals surface area contributed by atoms with Gasteiger partial charge in [-0.05, 0) is 23.4 Å². The van der Waals surface area contributed by atoms with Crippen molar-refractivity contribution in [3.63, 3.8) is 0 Å². The first-order valence-corrected chi connectivity index (χ1v) is 5.87. The monoisotopic (exact) mass is 235 g/mol. The third-order valence-electron chi connectivity index (χ3n) is 1.64. The Bertz CT molecular complexity index is 302. The molecule has 0 aliphatic heterocycles.